The molecule has 0 aromatic rings. The number of carbonyl (C=O) groups is 1. The summed E-state index contributed by atoms with van der Waals surface area (Å²) in [7, 11) is 2.01. The van der Waals surface area contributed by atoms with Gasteiger partial charge in [-0.3, -0.25) is 9.69 Å². The molecule has 2 N–H and O–H groups in total. The summed E-state index contributed by atoms with van der Waals surface area (Å²) in [6.07, 6.45) is 16.4. The molecule has 3 heteroatoms. The summed E-state index contributed by atoms with van der Waals surface area (Å²) in [6.45, 7) is 4.50. The number of likely N-dealkylation sites (N-methyl/N-ethyl adjacent to an activating group) is 1. The highest BCUT2D eigenvalue weighted by atomic mass is 16.1. The number of ketones is 1. The van der Waals surface area contributed by atoms with Crippen LogP contribution < -0.4 is 5.73 Å². The van der Waals surface area contributed by atoms with Crippen LogP contribution in [0.1, 0.15) is 90.4 Å². The Bertz CT molecular complexity index is 244. The lowest BCUT2D eigenvalue weighted by molar-refractivity contribution is -0.120. The minimum atomic E-state index is 0.385. The number of nitrogens with zero attached hydrogens (tertiary/aromatic N) is 1. The van der Waals surface area contributed by atoms with Gasteiger partial charge in [-0.15, -0.1) is 0 Å². The summed E-state index contributed by atoms with van der Waals surface area (Å²) in [5.74, 6) is 0.385. The molecule has 0 saturated carbocycles. The molecular formula is C19H40N2O. The van der Waals surface area contributed by atoms with E-state index in [-0.39, 0.29) is 0 Å². The Morgan fingerprint density at radius 1 is 0.818 bits per heavy atom. The molecular weight excluding hydrogens is 272 g/mol. The van der Waals surface area contributed by atoms with Crippen molar-refractivity contribution in [1.29, 1.82) is 0 Å². The van der Waals surface area contributed by atoms with E-state index in [1.165, 1.54) is 64.2 Å². The lowest BCUT2D eigenvalue weighted by Gasteiger charge is -2.14. The monoisotopic (exact) mass is 312 g/mol. The van der Waals surface area contributed by atoms with Crippen molar-refractivity contribution in [2.75, 3.05) is 26.7 Å². The second kappa shape index (κ2) is 17.0. The van der Waals surface area contributed by atoms with Crippen molar-refractivity contribution in [3.8, 4) is 0 Å². The highest BCUT2D eigenvalue weighted by Crippen LogP contribution is 2.12. The third kappa shape index (κ3) is 16.0. The molecule has 0 aromatic carbocycles. The van der Waals surface area contributed by atoms with Gasteiger partial charge in [-0.1, -0.05) is 71.1 Å². The van der Waals surface area contributed by atoms with Crippen LogP contribution in [-0.2, 0) is 4.79 Å². The van der Waals surface area contributed by atoms with Gasteiger partial charge in [0, 0.05) is 6.42 Å². The number of hydrogen-bond donors (Lipinski definition) is 1. The fourth-order valence-electron chi connectivity index (χ4n) is 2.81. The maximum absolute atomic E-state index is 11.8. The molecule has 0 aliphatic carbocycles. The maximum atomic E-state index is 11.8. The molecule has 0 amide bonds. The topological polar surface area (TPSA) is 46.3 Å². The zero-order valence-electron chi connectivity index (χ0n) is 15.2. The van der Waals surface area contributed by atoms with Crippen molar-refractivity contribution in [3.05, 3.63) is 0 Å². The molecule has 0 atom stereocenters. The van der Waals surface area contributed by atoms with E-state index in [1.807, 2.05) is 7.05 Å². The van der Waals surface area contributed by atoms with Crippen molar-refractivity contribution in [3.63, 3.8) is 0 Å². The van der Waals surface area contributed by atoms with Crippen LogP contribution in [0.15, 0.2) is 0 Å². The van der Waals surface area contributed by atoms with Crippen LogP contribution >= 0.6 is 0 Å². The molecule has 22 heavy (non-hydrogen) atoms. The van der Waals surface area contributed by atoms with E-state index >= 15 is 0 Å². The number of rotatable bonds is 17. The Labute approximate surface area is 139 Å². The SMILES string of the molecule is CCCCCCCCCCCCCC(=O)CN(C)CCCN. The van der Waals surface area contributed by atoms with E-state index in [4.69, 9.17) is 5.73 Å². The van der Waals surface area contributed by atoms with Crippen molar-refractivity contribution in [2.45, 2.75) is 90.4 Å². The number of unbranched alkanes of at least 4 members (excludes halogenated alkanes) is 10. The standard InChI is InChI=1S/C19H40N2O/c1-3-4-5-6-7-8-9-10-11-12-13-15-19(22)18-21(2)17-14-16-20/h3-18,20H2,1-2H3. The maximum Gasteiger partial charge on any atom is 0.146 e. The summed E-state index contributed by atoms with van der Waals surface area (Å²) < 4.78 is 0. The number of Topliss-reactive ketones (excluding diaryl/α,β-unsaturated/α-hetero) is 1. The van der Waals surface area contributed by atoms with E-state index in [1.54, 1.807) is 0 Å². The lowest BCUT2D eigenvalue weighted by atomic mass is 10.0. The molecule has 0 bridgehead atoms. The van der Waals surface area contributed by atoms with Crippen LogP contribution in [0.2, 0.25) is 0 Å². The van der Waals surface area contributed by atoms with Gasteiger partial charge in [-0.05, 0) is 33.0 Å². The largest absolute Gasteiger partial charge is 0.330 e. The average molecular weight is 313 g/mol. The van der Waals surface area contributed by atoms with Crippen molar-refractivity contribution < 1.29 is 4.79 Å². The minimum absolute atomic E-state index is 0.385. The number of hydrogen-bond acceptors (Lipinski definition) is 3. The van der Waals surface area contributed by atoms with Crippen LogP contribution in [0.25, 0.3) is 0 Å². The van der Waals surface area contributed by atoms with Crippen LogP contribution in [0.3, 0.4) is 0 Å². The van der Waals surface area contributed by atoms with Gasteiger partial charge in [0.15, 0.2) is 0 Å². The Morgan fingerprint density at radius 2 is 1.32 bits per heavy atom. The summed E-state index contributed by atoms with van der Waals surface area (Å²) in [5, 5.41) is 0. The Morgan fingerprint density at radius 3 is 1.82 bits per heavy atom. The predicted octanol–water partition coefficient (Wildman–Crippen LogP) is 4.54. The fraction of sp³-hybridized carbons (Fsp3) is 0.947. The Kier molecular flexibility index (Phi) is 16.6. The van der Waals surface area contributed by atoms with Gasteiger partial charge >= 0.3 is 0 Å². The van der Waals surface area contributed by atoms with Gasteiger partial charge in [-0.25, -0.2) is 0 Å². The van der Waals surface area contributed by atoms with Gasteiger partial charge in [0.1, 0.15) is 5.78 Å². The van der Waals surface area contributed by atoms with Gasteiger partial charge in [0.05, 0.1) is 6.54 Å². The van der Waals surface area contributed by atoms with Crippen LogP contribution in [0, 0.1) is 0 Å². The van der Waals surface area contributed by atoms with E-state index < -0.39 is 0 Å². The van der Waals surface area contributed by atoms with Crippen LogP contribution in [-0.4, -0.2) is 37.4 Å². The highest BCUT2D eigenvalue weighted by Gasteiger charge is 2.05. The molecule has 3 nitrogen and oxygen atoms in total. The first kappa shape index (κ1) is 21.6. The normalized spacial score (nSPS) is 11.3. The average Bonchev–Trinajstić information content (AvgIpc) is 2.50. The molecule has 0 radical (unpaired) electrons. The fourth-order valence-corrected chi connectivity index (χ4v) is 2.81. The first-order chi connectivity index (χ1) is 10.7. The van der Waals surface area contributed by atoms with Crippen molar-refractivity contribution in [2.24, 2.45) is 5.73 Å². The van der Waals surface area contributed by atoms with Gasteiger partial charge in [0.25, 0.3) is 0 Å². The van der Waals surface area contributed by atoms with Gasteiger partial charge in [0.2, 0.25) is 0 Å². The zero-order chi connectivity index (χ0) is 16.5. The summed E-state index contributed by atoms with van der Waals surface area (Å²) in [6, 6.07) is 0. The van der Waals surface area contributed by atoms with E-state index in [2.05, 4.69) is 11.8 Å². The number of nitrogens with two attached hydrogens (primary N) is 1. The Hall–Kier alpha value is -0.410. The minimum Gasteiger partial charge on any atom is -0.330 e. The molecule has 0 aliphatic heterocycles. The number of carbonyl (C=O) groups excluding carboxylic acids is 1. The second-order valence-electron chi connectivity index (χ2n) is 6.70. The summed E-state index contributed by atoms with van der Waals surface area (Å²) >= 11 is 0. The van der Waals surface area contributed by atoms with Gasteiger partial charge < -0.3 is 5.73 Å². The second-order valence-corrected chi connectivity index (χ2v) is 6.70. The predicted molar refractivity (Wildman–Crippen MR) is 97.3 cm³/mol. The zero-order valence-corrected chi connectivity index (χ0v) is 15.2. The van der Waals surface area contributed by atoms with Crippen molar-refractivity contribution in [1.82, 2.24) is 4.90 Å². The summed E-state index contributed by atoms with van der Waals surface area (Å²) in [4.78, 5) is 13.9. The van der Waals surface area contributed by atoms with Crippen LogP contribution in [0.4, 0.5) is 0 Å². The molecule has 0 fully saturated rings. The van der Waals surface area contributed by atoms with E-state index in [0.717, 1.165) is 25.8 Å². The first-order valence-corrected chi connectivity index (χ1v) is 9.61. The molecule has 0 unspecified atom stereocenters. The Balaban J connectivity index is 3.23. The van der Waals surface area contributed by atoms with E-state index in [0.29, 0.717) is 18.9 Å². The van der Waals surface area contributed by atoms with Crippen LogP contribution in [0.5, 0.6) is 0 Å². The molecule has 0 saturated heterocycles. The lowest BCUT2D eigenvalue weighted by Crippen LogP contribution is -2.28. The molecule has 0 aliphatic rings. The first-order valence-electron chi connectivity index (χ1n) is 9.61. The summed E-state index contributed by atoms with van der Waals surface area (Å²) in [5.41, 5.74) is 5.47. The molecule has 0 heterocycles. The van der Waals surface area contributed by atoms with Crippen molar-refractivity contribution >= 4 is 5.78 Å². The van der Waals surface area contributed by atoms with E-state index in [9.17, 15) is 4.79 Å². The molecule has 0 spiro atoms. The van der Waals surface area contributed by atoms with Gasteiger partial charge in [-0.2, -0.15) is 0 Å². The third-order valence-corrected chi connectivity index (χ3v) is 4.25. The molecule has 132 valence electrons. The molecule has 0 rings (SSSR count). The smallest absolute Gasteiger partial charge is 0.146 e. The molecule has 0 aromatic heterocycles. The quantitative estimate of drug-likeness (QED) is 0.401. The third-order valence-electron chi connectivity index (χ3n) is 4.25. The highest BCUT2D eigenvalue weighted by molar-refractivity contribution is 5.80.